The van der Waals surface area contributed by atoms with E-state index >= 15 is 0 Å². The Morgan fingerprint density at radius 2 is 1.65 bits per heavy atom. The second-order valence-corrected chi connectivity index (χ2v) is 6.25. The van der Waals surface area contributed by atoms with Crippen molar-refractivity contribution >= 4 is 47.8 Å². The fourth-order valence-electron chi connectivity index (χ4n) is 1.47. The summed E-state index contributed by atoms with van der Waals surface area (Å²) in [6.45, 7) is 0.560. The second kappa shape index (κ2) is 5.50. The van der Waals surface area contributed by atoms with E-state index in [1.165, 1.54) is 0 Å². The van der Waals surface area contributed by atoms with Gasteiger partial charge in [0, 0.05) is 15.1 Å². The molecule has 0 N–H and O–H groups in total. The molecule has 0 saturated carbocycles. The van der Waals surface area contributed by atoms with E-state index in [1.807, 2.05) is 24.3 Å². The Morgan fingerprint density at radius 3 is 2.29 bits per heavy atom. The molecule has 0 aliphatic carbocycles. The molecule has 0 unspecified atom stereocenters. The summed E-state index contributed by atoms with van der Waals surface area (Å²) in [5.41, 5.74) is 1.05. The van der Waals surface area contributed by atoms with Crippen molar-refractivity contribution in [2.24, 2.45) is 0 Å². The zero-order chi connectivity index (χ0) is 12.4. The molecule has 0 atom stereocenters. The van der Waals surface area contributed by atoms with Gasteiger partial charge in [0.25, 0.3) is 5.56 Å². The third-order valence-corrected chi connectivity index (χ3v) is 3.81. The number of rotatable bonds is 2. The molecular formula is C12H8Br3NO. The van der Waals surface area contributed by atoms with Gasteiger partial charge in [-0.1, -0.05) is 28.1 Å². The number of benzene rings is 1. The first-order valence-electron chi connectivity index (χ1n) is 4.86. The van der Waals surface area contributed by atoms with E-state index in [0.29, 0.717) is 11.0 Å². The number of hydrogen-bond acceptors (Lipinski definition) is 1. The maximum absolute atomic E-state index is 11.9. The molecule has 0 bridgehead atoms. The third-order valence-electron chi connectivity index (χ3n) is 2.28. The van der Waals surface area contributed by atoms with Crippen LogP contribution in [0.4, 0.5) is 0 Å². The van der Waals surface area contributed by atoms with Gasteiger partial charge in [0.05, 0.1) is 11.0 Å². The first-order valence-corrected chi connectivity index (χ1v) is 7.24. The lowest BCUT2D eigenvalue weighted by atomic mass is 10.2. The van der Waals surface area contributed by atoms with Gasteiger partial charge < -0.3 is 4.57 Å². The highest BCUT2D eigenvalue weighted by molar-refractivity contribution is 9.11. The first kappa shape index (κ1) is 13.1. The van der Waals surface area contributed by atoms with Crippen LogP contribution in [-0.4, -0.2) is 4.57 Å². The Labute approximate surface area is 124 Å². The molecule has 1 aromatic carbocycles. The monoisotopic (exact) mass is 419 g/mol. The predicted molar refractivity (Wildman–Crippen MR) is 79.3 cm³/mol. The van der Waals surface area contributed by atoms with Gasteiger partial charge in [-0.2, -0.15) is 0 Å². The molecule has 2 nitrogen and oxygen atoms in total. The summed E-state index contributed by atoms with van der Waals surface area (Å²) in [4.78, 5) is 11.9. The lowest BCUT2D eigenvalue weighted by molar-refractivity contribution is 0.751. The second-order valence-electron chi connectivity index (χ2n) is 3.57. The molecule has 0 saturated heterocycles. The van der Waals surface area contributed by atoms with Gasteiger partial charge in [0.2, 0.25) is 0 Å². The lowest BCUT2D eigenvalue weighted by Gasteiger charge is -2.07. The van der Waals surface area contributed by atoms with Crippen molar-refractivity contribution in [2.75, 3.05) is 0 Å². The van der Waals surface area contributed by atoms with Crippen LogP contribution in [0.1, 0.15) is 5.56 Å². The minimum Gasteiger partial charge on any atom is -0.309 e. The Hall–Kier alpha value is -0.390. The molecule has 2 rings (SSSR count). The molecule has 0 fully saturated rings. The molecule has 1 aromatic heterocycles. The summed E-state index contributed by atoms with van der Waals surface area (Å²) >= 11 is 10.0. The molecule has 0 aliphatic rings. The zero-order valence-electron chi connectivity index (χ0n) is 8.66. The van der Waals surface area contributed by atoms with Crippen LogP contribution < -0.4 is 5.56 Å². The van der Waals surface area contributed by atoms with Crippen molar-refractivity contribution in [1.29, 1.82) is 0 Å². The molecule has 17 heavy (non-hydrogen) atoms. The topological polar surface area (TPSA) is 22.0 Å². The van der Waals surface area contributed by atoms with Gasteiger partial charge in [-0.25, -0.2) is 0 Å². The average Bonchev–Trinajstić information content (AvgIpc) is 2.28. The average molecular weight is 422 g/mol. The molecule has 0 spiro atoms. The van der Waals surface area contributed by atoms with E-state index in [1.54, 1.807) is 16.8 Å². The maximum Gasteiger partial charge on any atom is 0.265 e. The van der Waals surface area contributed by atoms with E-state index in [2.05, 4.69) is 47.8 Å². The van der Waals surface area contributed by atoms with Crippen LogP contribution in [-0.2, 0) is 6.54 Å². The fourth-order valence-corrected chi connectivity index (χ4v) is 2.99. The van der Waals surface area contributed by atoms with Crippen molar-refractivity contribution in [2.45, 2.75) is 6.54 Å². The Kier molecular flexibility index (Phi) is 4.22. The summed E-state index contributed by atoms with van der Waals surface area (Å²) in [5.74, 6) is 0. The van der Waals surface area contributed by atoms with Gasteiger partial charge >= 0.3 is 0 Å². The zero-order valence-corrected chi connectivity index (χ0v) is 13.4. The summed E-state index contributed by atoms with van der Waals surface area (Å²) in [7, 11) is 0. The molecule has 88 valence electrons. The van der Waals surface area contributed by atoms with Crippen LogP contribution in [0, 0.1) is 0 Å². The molecule has 0 aliphatic heterocycles. The standard InChI is InChI=1S/C12H8Br3NO/c13-9-3-1-8(2-4-9)6-16-7-10(14)5-11(15)12(16)17/h1-5,7H,6H2. The molecular weight excluding hydrogens is 414 g/mol. The molecule has 5 heteroatoms. The summed E-state index contributed by atoms with van der Waals surface area (Å²) in [6.07, 6.45) is 1.79. The molecule has 0 radical (unpaired) electrons. The maximum atomic E-state index is 11.9. The minimum absolute atomic E-state index is 0.0314. The summed E-state index contributed by atoms with van der Waals surface area (Å²) in [5, 5.41) is 0. The van der Waals surface area contributed by atoms with Crippen LogP contribution in [0.25, 0.3) is 0 Å². The minimum atomic E-state index is -0.0314. The van der Waals surface area contributed by atoms with Gasteiger partial charge in [0.15, 0.2) is 0 Å². The van der Waals surface area contributed by atoms with Gasteiger partial charge in [-0.05, 0) is 55.6 Å². The van der Waals surface area contributed by atoms with Crippen molar-refractivity contribution in [3.63, 3.8) is 0 Å². The van der Waals surface area contributed by atoms with Gasteiger partial charge in [-0.3, -0.25) is 4.79 Å². The molecule has 0 amide bonds. The van der Waals surface area contributed by atoms with E-state index in [9.17, 15) is 4.79 Å². The van der Waals surface area contributed by atoms with Crippen molar-refractivity contribution < 1.29 is 0 Å². The van der Waals surface area contributed by atoms with Gasteiger partial charge in [0.1, 0.15) is 0 Å². The Balaban J connectivity index is 2.36. The van der Waals surface area contributed by atoms with Gasteiger partial charge in [-0.15, -0.1) is 0 Å². The highest BCUT2D eigenvalue weighted by atomic mass is 79.9. The van der Waals surface area contributed by atoms with E-state index in [0.717, 1.165) is 14.5 Å². The Morgan fingerprint density at radius 1 is 1.00 bits per heavy atom. The molecule has 2 aromatic rings. The highest BCUT2D eigenvalue weighted by Gasteiger charge is 2.03. The molecule has 1 heterocycles. The van der Waals surface area contributed by atoms with Crippen LogP contribution in [0.2, 0.25) is 0 Å². The fraction of sp³-hybridized carbons (Fsp3) is 0.0833. The van der Waals surface area contributed by atoms with Crippen LogP contribution in [0.15, 0.2) is 54.7 Å². The van der Waals surface area contributed by atoms with Crippen molar-refractivity contribution in [3.8, 4) is 0 Å². The van der Waals surface area contributed by atoms with Crippen LogP contribution in [0.5, 0.6) is 0 Å². The predicted octanol–water partition coefficient (Wildman–Crippen LogP) is 4.18. The summed E-state index contributed by atoms with van der Waals surface area (Å²) < 4.78 is 4.13. The van der Waals surface area contributed by atoms with E-state index in [-0.39, 0.29) is 5.56 Å². The number of halogens is 3. The number of aromatic nitrogens is 1. The Bertz CT molecular complexity index is 590. The quantitative estimate of drug-likeness (QED) is 0.712. The third kappa shape index (κ3) is 3.30. The van der Waals surface area contributed by atoms with E-state index < -0.39 is 0 Å². The smallest absolute Gasteiger partial charge is 0.265 e. The van der Waals surface area contributed by atoms with E-state index in [4.69, 9.17) is 0 Å². The largest absolute Gasteiger partial charge is 0.309 e. The lowest BCUT2D eigenvalue weighted by Crippen LogP contribution is -2.20. The van der Waals surface area contributed by atoms with Crippen molar-refractivity contribution in [3.05, 3.63) is 65.9 Å². The highest BCUT2D eigenvalue weighted by Crippen LogP contribution is 2.15. The van der Waals surface area contributed by atoms with Crippen LogP contribution in [0.3, 0.4) is 0 Å². The normalized spacial score (nSPS) is 10.5. The number of pyridine rings is 1. The number of nitrogens with zero attached hydrogens (tertiary/aromatic N) is 1. The summed E-state index contributed by atoms with van der Waals surface area (Å²) in [6, 6.07) is 9.66. The SMILES string of the molecule is O=c1c(Br)cc(Br)cn1Cc1ccc(Br)cc1. The van der Waals surface area contributed by atoms with Crippen molar-refractivity contribution in [1.82, 2.24) is 4.57 Å². The van der Waals surface area contributed by atoms with Crippen LogP contribution >= 0.6 is 47.8 Å². The first-order chi connectivity index (χ1) is 8.06. The number of hydrogen-bond donors (Lipinski definition) is 0.